The molecule has 2 amide bonds. The predicted molar refractivity (Wildman–Crippen MR) is 120 cm³/mol. The molecule has 3 rings (SSSR count). The fourth-order valence-corrected chi connectivity index (χ4v) is 3.96. The van der Waals surface area contributed by atoms with Crippen LogP contribution >= 0.6 is 0 Å². The lowest BCUT2D eigenvalue weighted by Gasteiger charge is -2.29. The maximum Gasteiger partial charge on any atom is 0.416 e. The lowest BCUT2D eigenvalue weighted by atomic mass is 9.86. The number of hydrogen-bond donors (Lipinski definition) is 3. The number of pyridine rings is 1. The Hall–Kier alpha value is -3.15. The Balaban J connectivity index is 1.46. The molecule has 196 valence electrons. The normalized spacial score (nSPS) is 18.5. The number of hydrogen-bond acceptors (Lipinski definition) is 4. The van der Waals surface area contributed by atoms with Crippen LogP contribution < -0.4 is 16.0 Å². The monoisotopic (exact) mass is 516 g/mol. The first-order valence-corrected chi connectivity index (χ1v) is 11.3. The molecule has 1 fully saturated rings. The number of alkyl halides is 6. The molecule has 2 aromatic rings. The first kappa shape index (κ1) is 27.4. The molecular weight excluding hydrogens is 490 g/mol. The first-order chi connectivity index (χ1) is 16.8. The van der Waals surface area contributed by atoms with Crippen LogP contribution in [0.3, 0.4) is 0 Å². The van der Waals surface area contributed by atoms with Gasteiger partial charge in [0.05, 0.1) is 17.7 Å². The van der Waals surface area contributed by atoms with E-state index in [1.807, 2.05) is 13.0 Å². The van der Waals surface area contributed by atoms with E-state index in [4.69, 9.17) is 0 Å². The average molecular weight is 516 g/mol. The Bertz CT molecular complexity index is 1030. The van der Waals surface area contributed by atoms with Crippen molar-refractivity contribution in [3.05, 3.63) is 58.8 Å². The summed E-state index contributed by atoms with van der Waals surface area (Å²) in [6.07, 6.45) is -5.63. The van der Waals surface area contributed by atoms with Gasteiger partial charge in [-0.15, -0.1) is 0 Å². The Morgan fingerprint density at radius 3 is 2.08 bits per heavy atom. The van der Waals surface area contributed by atoms with Crippen molar-refractivity contribution in [2.24, 2.45) is 5.92 Å². The summed E-state index contributed by atoms with van der Waals surface area (Å²) < 4.78 is 78.1. The highest BCUT2D eigenvalue weighted by Gasteiger charge is 2.37. The van der Waals surface area contributed by atoms with Gasteiger partial charge < -0.3 is 16.0 Å². The molecule has 0 atom stereocenters. The molecule has 0 spiro atoms. The van der Waals surface area contributed by atoms with Crippen molar-refractivity contribution in [1.82, 2.24) is 15.6 Å². The van der Waals surface area contributed by atoms with E-state index >= 15 is 0 Å². The average Bonchev–Trinajstić information content (AvgIpc) is 2.82. The Morgan fingerprint density at radius 1 is 0.944 bits per heavy atom. The standard InChI is InChI=1S/C24H26F6N4O2/c1-14-2-7-20(32-11-14)34-21(35)13-31-19-5-3-15(4-6-19)12-33-22(36)16-8-17(23(25,26)27)10-18(9-16)24(28,29)30/h2,7-11,15,19,31H,3-6,12-13H2,1H3,(H,33,36)(H,32,34,35)/t15-,19-. The molecule has 3 N–H and O–H groups in total. The maximum atomic E-state index is 13.0. The second-order valence-corrected chi connectivity index (χ2v) is 8.87. The first-order valence-electron chi connectivity index (χ1n) is 11.3. The van der Waals surface area contributed by atoms with Crippen molar-refractivity contribution in [3.8, 4) is 0 Å². The highest BCUT2D eigenvalue weighted by molar-refractivity contribution is 5.94. The summed E-state index contributed by atoms with van der Waals surface area (Å²) in [5, 5.41) is 8.31. The van der Waals surface area contributed by atoms with Gasteiger partial charge in [-0.25, -0.2) is 4.98 Å². The SMILES string of the molecule is Cc1ccc(NC(=O)CN[C@H]2CC[C@H](CNC(=O)c3cc(C(F)(F)F)cc(C(F)(F)F)c3)CC2)nc1. The van der Waals surface area contributed by atoms with E-state index in [0.717, 1.165) is 5.56 Å². The zero-order valence-electron chi connectivity index (χ0n) is 19.4. The molecule has 1 aromatic carbocycles. The van der Waals surface area contributed by atoms with Crippen molar-refractivity contribution < 1.29 is 35.9 Å². The lowest BCUT2D eigenvalue weighted by molar-refractivity contribution is -0.143. The minimum Gasteiger partial charge on any atom is -0.352 e. The number of carbonyl (C=O) groups is 2. The van der Waals surface area contributed by atoms with E-state index in [1.54, 1.807) is 12.3 Å². The molecule has 0 unspecified atom stereocenters. The molecule has 1 saturated carbocycles. The largest absolute Gasteiger partial charge is 0.416 e. The van der Waals surface area contributed by atoms with Crippen molar-refractivity contribution in [2.75, 3.05) is 18.4 Å². The molecule has 1 aliphatic carbocycles. The van der Waals surface area contributed by atoms with Crippen molar-refractivity contribution >= 4 is 17.6 Å². The van der Waals surface area contributed by atoms with Gasteiger partial charge in [-0.2, -0.15) is 26.3 Å². The smallest absolute Gasteiger partial charge is 0.352 e. The molecule has 0 bridgehead atoms. The molecule has 0 aliphatic heterocycles. The number of rotatable bonds is 7. The summed E-state index contributed by atoms with van der Waals surface area (Å²) >= 11 is 0. The van der Waals surface area contributed by atoms with Gasteiger partial charge >= 0.3 is 12.4 Å². The number of amides is 2. The number of aryl methyl sites for hydroxylation is 1. The van der Waals surface area contributed by atoms with Gasteiger partial charge in [0, 0.05) is 24.3 Å². The topological polar surface area (TPSA) is 83.1 Å². The van der Waals surface area contributed by atoms with Crippen LogP contribution in [0.25, 0.3) is 0 Å². The molecule has 12 heteroatoms. The Morgan fingerprint density at radius 2 is 1.56 bits per heavy atom. The summed E-state index contributed by atoms with van der Waals surface area (Å²) in [7, 11) is 0. The zero-order chi connectivity index (χ0) is 26.5. The fraction of sp³-hybridized carbons (Fsp3) is 0.458. The molecule has 6 nitrogen and oxygen atoms in total. The quantitative estimate of drug-likeness (QED) is 0.455. The molecule has 1 aromatic heterocycles. The fourth-order valence-electron chi connectivity index (χ4n) is 3.96. The number of carbonyl (C=O) groups excluding carboxylic acids is 2. The number of anilines is 1. The zero-order valence-corrected chi connectivity index (χ0v) is 19.4. The van der Waals surface area contributed by atoms with Gasteiger partial charge in [0.2, 0.25) is 5.91 Å². The van der Waals surface area contributed by atoms with Gasteiger partial charge in [-0.05, 0) is 68.4 Å². The Kier molecular flexibility index (Phi) is 8.59. The minimum atomic E-state index is -5.02. The van der Waals surface area contributed by atoms with Crippen LogP contribution in [0.15, 0.2) is 36.5 Å². The highest BCUT2D eigenvalue weighted by Crippen LogP contribution is 2.36. The predicted octanol–water partition coefficient (Wildman–Crippen LogP) is 4.94. The summed E-state index contributed by atoms with van der Waals surface area (Å²) in [5.41, 5.74) is -2.78. The summed E-state index contributed by atoms with van der Waals surface area (Å²) in [6.45, 7) is 2.11. The van der Waals surface area contributed by atoms with Crippen LogP contribution in [-0.4, -0.2) is 35.9 Å². The van der Waals surface area contributed by atoms with Crippen LogP contribution in [0, 0.1) is 12.8 Å². The van der Waals surface area contributed by atoms with Crippen molar-refractivity contribution in [1.29, 1.82) is 0 Å². The molecule has 0 radical (unpaired) electrons. The molecular formula is C24H26F6N4O2. The van der Waals surface area contributed by atoms with Gasteiger partial charge in [-0.3, -0.25) is 9.59 Å². The van der Waals surface area contributed by atoms with Crippen LogP contribution in [0.5, 0.6) is 0 Å². The third kappa shape index (κ3) is 7.94. The van der Waals surface area contributed by atoms with Gasteiger partial charge in [0.1, 0.15) is 5.82 Å². The van der Waals surface area contributed by atoms with Gasteiger partial charge in [0.25, 0.3) is 5.91 Å². The molecule has 1 aliphatic rings. The third-order valence-corrected chi connectivity index (χ3v) is 5.98. The van der Waals surface area contributed by atoms with E-state index in [2.05, 4.69) is 20.9 Å². The number of benzene rings is 1. The molecule has 1 heterocycles. The highest BCUT2D eigenvalue weighted by atomic mass is 19.4. The van der Waals surface area contributed by atoms with E-state index in [1.165, 1.54) is 0 Å². The van der Waals surface area contributed by atoms with Gasteiger partial charge in [0.15, 0.2) is 0 Å². The van der Waals surface area contributed by atoms with E-state index in [-0.39, 0.29) is 37.0 Å². The second-order valence-electron chi connectivity index (χ2n) is 8.87. The van der Waals surface area contributed by atoms with Crippen LogP contribution in [-0.2, 0) is 17.1 Å². The summed E-state index contributed by atoms with van der Waals surface area (Å²) in [4.78, 5) is 28.5. The van der Waals surface area contributed by atoms with E-state index in [9.17, 15) is 35.9 Å². The second kappa shape index (κ2) is 11.3. The van der Waals surface area contributed by atoms with Crippen molar-refractivity contribution in [3.63, 3.8) is 0 Å². The van der Waals surface area contributed by atoms with Crippen LogP contribution in [0.1, 0.15) is 52.7 Å². The number of aromatic nitrogens is 1. The van der Waals surface area contributed by atoms with E-state index in [0.29, 0.717) is 43.6 Å². The molecule has 36 heavy (non-hydrogen) atoms. The summed E-state index contributed by atoms with van der Waals surface area (Å²) in [5.74, 6) is -0.756. The minimum absolute atomic E-state index is 0.0113. The lowest BCUT2D eigenvalue weighted by Crippen LogP contribution is -2.40. The number of halogens is 6. The van der Waals surface area contributed by atoms with Crippen molar-refractivity contribution in [2.45, 2.75) is 51.0 Å². The number of nitrogens with one attached hydrogen (secondary N) is 3. The van der Waals surface area contributed by atoms with Gasteiger partial charge in [-0.1, -0.05) is 6.07 Å². The molecule has 0 saturated heterocycles. The summed E-state index contributed by atoms with van der Waals surface area (Å²) in [6, 6.07) is 4.44. The number of nitrogens with zero attached hydrogens (tertiary/aromatic N) is 1. The Labute approximate surface area is 203 Å². The maximum absolute atomic E-state index is 13.0. The third-order valence-electron chi connectivity index (χ3n) is 5.98. The van der Waals surface area contributed by atoms with E-state index < -0.39 is 35.0 Å². The van der Waals surface area contributed by atoms with Crippen LogP contribution in [0.4, 0.5) is 32.2 Å². The van der Waals surface area contributed by atoms with Crippen LogP contribution in [0.2, 0.25) is 0 Å².